The number of β-amino-alcohol motifs (C(OH)–C–C–N with tert-alkyl or cyclic N) is 1. The van der Waals surface area contributed by atoms with Gasteiger partial charge in [-0.2, -0.15) is 0 Å². The van der Waals surface area contributed by atoms with Crippen molar-refractivity contribution in [1.82, 2.24) is 15.1 Å². The third kappa shape index (κ3) is 4.10. The molecule has 5 heteroatoms. The second kappa shape index (κ2) is 7.43. The molecule has 0 bridgehead atoms. The Morgan fingerprint density at radius 1 is 1.30 bits per heavy atom. The molecule has 0 aliphatic carbocycles. The summed E-state index contributed by atoms with van der Waals surface area (Å²) in [5.74, 6) is 0.128. The number of aliphatic hydroxyl groups excluding tert-OH is 1. The summed E-state index contributed by atoms with van der Waals surface area (Å²) in [6.07, 6.45) is 2.19. The summed E-state index contributed by atoms with van der Waals surface area (Å²) in [6, 6.07) is 10.6. The van der Waals surface area contributed by atoms with E-state index in [-0.39, 0.29) is 18.1 Å². The van der Waals surface area contributed by atoms with Crippen LogP contribution < -0.4 is 5.32 Å². The van der Waals surface area contributed by atoms with Gasteiger partial charge >= 0.3 is 0 Å². The summed E-state index contributed by atoms with van der Waals surface area (Å²) in [5, 5.41) is 12.7. The zero-order valence-electron chi connectivity index (χ0n) is 13.8. The van der Waals surface area contributed by atoms with Gasteiger partial charge in [-0.3, -0.25) is 9.69 Å². The van der Waals surface area contributed by atoms with Gasteiger partial charge in [-0.15, -0.1) is 0 Å². The van der Waals surface area contributed by atoms with Gasteiger partial charge in [0.15, 0.2) is 0 Å². The van der Waals surface area contributed by atoms with Crippen LogP contribution in [0.15, 0.2) is 30.3 Å². The van der Waals surface area contributed by atoms with E-state index in [0.29, 0.717) is 19.0 Å². The molecule has 5 nitrogen and oxygen atoms in total. The molecule has 0 aromatic heterocycles. The molecule has 2 aliphatic heterocycles. The predicted molar refractivity (Wildman–Crippen MR) is 89.9 cm³/mol. The number of hydrogen-bond acceptors (Lipinski definition) is 4. The van der Waals surface area contributed by atoms with Gasteiger partial charge in [-0.25, -0.2) is 0 Å². The van der Waals surface area contributed by atoms with E-state index in [1.54, 1.807) is 0 Å². The fourth-order valence-electron chi connectivity index (χ4n) is 3.64. The van der Waals surface area contributed by atoms with Crippen LogP contribution in [-0.2, 0) is 11.3 Å². The second-order valence-corrected chi connectivity index (χ2v) is 6.79. The second-order valence-electron chi connectivity index (χ2n) is 6.79. The van der Waals surface area contributed by atoms with Crippen molar-refractivity contribution in [3.8, 4) is 0 Å². The average Bonchev–Trinajstić information content (AvgIpc) is 3.02. The first-order valence-electron chi connectivity index (χ1n) is 8.58. The van der Waals surface area contributed by atoms with Crippen molar-refractivity contribution in [2.45, 2.75) is 44.0 Å². The molecule has 0 spiro atoms. The number of nitrogens with zero attached hydrogens (tertiary/aromatic N) is 2. The van der Waals surface area contributed by atoms with Crippen LogP contribution in [0.1, 0.15) is 24.8 Å². The minimum atomic E-state index is -0.384. The Morgan fingerprint density at radius 3 is 2.61 bits per heavy atom. The fraction of sp³-hybridized carbons (Fsp3) is 0.611. The predicted octanol–water partition coefficient (Wildman–Crippen LogP) is 0.832. The zero-order chi connectivity index (χ0) is 16.2. The maximum absolute atomic E-state index is 12.5. The van der Waals surface area contributed by atoms with E-state index in [9.17, 15) is 9.90 Å². The number of benzene rings is 1. The van der Waals surface area contributed by atoms with Crippen molar-refractivity contribution in [2.75, 3.05) is 26.7 Å². The van der Waals surface area contributed by atoms with E-state index < -0.39 is 0 Å². The Hall–Kier alpha value is -1.43. The molecular weight excluding hydrogens is 290 g/mol. The highest BCUT2D eigenvalue weighted by atomic mass is 16.3. The van der Waals surface area contributed by atoms with Gasteiger partial charge in [0, 0.05) is 39.3 Å². The monoisotopic (exact) mass is 317 g/mol. The molecule has 2 saturated heterocycles. The highest BCUT2D eigenvalue weighted by Crippen LogP contribution is 2.19. The first kappa shape index (κ1) is 16.4. The van der Waals surface area contributed by atoms with E-state index in [2.05, 4.69) is 34.5 Å². The number of carbonyl (C=O) groups is 1. The van der Waals surface area contributed by atoms with E-state index in [1.165, 1.54) is 5.56 Å². The Morgan fingerprint density at radius 2 is 2.00 bits per heavy atom. The van der Waals surface area contributed by atoms with Gasteiger partial charge in [0.1, 0.15) is 0 Å². The van der Waals surface area contributed by atoms with Gasteiger partial charge in [-0.05, 0) is 24.8 Å². The normalized spacial score (nSPS) is 26.3. The molecule has 2 unspecified atom stereocenters. The van der Waals surface area contributed by atoms with E-state index in [1.807, 2.05) is 18.0 Å². The average molecular weight is 317 g/mol. The third-order valence-electron chi connectivity index (χ3n) is 5.11. The highest BCUT2D eigenvalue weighted by molar-refractivity contribution is 5.82. The van der Waals surface area contributed by atoms with Crippen molar-refractivity contribution in [3.63, 3.8) is 0 Å². The van der Waals surface area contributed by atoms with Crippen LogP contribution in [0.5, 0.6) is 0 Å². The number of likely N-dealkylation sites (tertiary alicyclic amines) is 1. The van der Waals surface area contributed by atoms with E-state index in [0.717, 1.165) is 32.5 Å². The Balaban J connectivity index is 1.47. The lowest BCUT2D eigenvalue weighted by atomic mass is 10.0. The molecule has 1 aromatic carbocycles. The Labute approximate surface area is 138 Å². The fourth-order valence-corrected chi connectivity index (χ4v) is 3.64. The summed E-state index contributed by atoms with van der Waals surface area (Å²) in [4.78, 5) is 16.9. The SMILES string of the molecule is CN(C(=O)C1CC(O)CN1)C1CCN(Cc2ccccc2)CC1. The first-order chi connectivity index (χ1) is 11.1. The molecule has 2 N–H and O–H groups in total. The number of likely N-dealkylation sites (N-methyl/N-ethyl adjacent to an activating group) is 1. The van der Waals surface area contributed by atoms with Gasteiger partial charge in [-0.1, -0.05) is 30.3 Å². The summed E-state index contributed by atoms with van der Waals surface area (Å²) >= 11 is 0. The van der Waals surface area contributed by atoms with E-state index in [4.69, 9.17) is 0 Å². The van der Waals surface area contributed by atoms with Crippen LogP contribution >= 0.6 is 0 Å². The number of piperidine rings is 1. The Kier molecular flexibility index (Phi) is 5.30. The quantitative estimate of drug-likeness (QED) is 0.864. The van der Waals surface area contributed by atoms with Crippen LogP contribution in [0.2, 0.25) is 0 Å². The van der Waals surface area contributed by atoms with Crippen LogP contribution in [0.4, 0.5) is 0 Å². The van der Waals surface area contributed by atoms with Gasteiger partial charge < -0.3 is 15.3 Å². The highest BCUT2D eigenvalue weighted by Gasteiger charge is 2.33. The van der Waals surface area contributed by atoms with Crippen LogP contribution in [-0.4, -0.2) is 65.7 Å². The molecule has 126 valence electrons. The lowest BCUT2D eigenvalue weighted by molar-refractivity contribution is -0.134. The van der Waals surface area contributed by atoms with Crippen LogP contribution in [0, 0.1) is 0 Å². The lowest BCUT2D eigenvalue weighted by Crippen LogP contribution is -2.50. The van der Waals surface area contributed by atoms with Crippen molar-refractivity contribution in [1.29, 1.82) is 0 Å². The number of amides is 1. The van der Waals surface area contributed by atoms with Crippen molar-refractivity contribution in [2.24, 2.45) is 0 Å². The van der Waals surface area contributed by atoms with Gasteiger partial charge in [0.25, 0.3) is 0 Å². The summed E-state index contributed by atoms with van der Waals surface area (Å²) in [7, 11) is 1.91. The standard InChI is InChI=1S/C18H27N3O2/c1-20(18(23)17-11-16(22)12-19-17)15-7-9-21(10-8-15)13-14-5-3-2-4-6-14/h2-6,15-17,19,22H,7-13H2,1H3. The van der Waals surface area contributed by atoms with Crippen molar-refractivity contribution < 1.29 is 9.90 Å². The molecule has 23 heavy (non-hydrogen) atoms. The molecule has 0 saturated carbocycles. The molecule has 3 rings (SSSR count). The van der Waals surface area contributed by atoms with Crippen molar-refractivity contribution >= 4 is 5.91 Å². The largest absolute Gasteiger partial charge is 0.392 e. The summed E-state index contributed by atoms with van der Waals surface area (Å²) in [5.41, 5.74) is 1.35. The molecule has 1 aromatic rings. The van der Waals surface area contributed by atoms with Crippen molar-refractivity contribution in [3.05, 3.63) is 35.9 Å². The third-order valence-corrected chi connectivity index (χ3v) is 5.11. The smallest absolute Gasteiger partial charge is 0.239 e. The molecule has 2 aliphatic rings. The zero-order valence-corrected chi connectivity index (χ0v) is 13.8. The number of rotatable bonds is 4. The van der Waals surface area contributed by atoms with Crippen LogP contribution in [0.25, 0.3) is 0 Å². The molecular formula is C18H27N3O2. The molecule has 2 fully saturated rings. The van der Waals surface area contributed by atoms with E-state index >= 15 is 0 Å². The maximum atomic E-state index is 12.5. The Bertz CT molecular complexity index is 514. The van der Waals surface area contributed by atoms with Gasteiger partial charge in [0.2, 0.25) is 5.91 Å². The van der Waals surface area contributed by atoms with Crippen LogP contribution in [0.3, 0.4) is 0 Å². The number of aliphatic hydroxyl groups is 1. The summed E-state index contributed by atoms with van der Waals surface area (Å²) < 4.78 is 0. The minimum Gasteiger partial charge on any atom is -0.392 e. The molecule has 2 heterocycles. The summed E-state index contributed by atoms with van der Waals surface area (Å²) in [6.45, 7) is 3.57. The number of nitrogens with one attached hydrogen (secondary N) is 1. The maximum Gasteiger partial charge on any atom is 0.239 e. The first-order valence-corrected chi connectivity index (χ1v) is 8.58. The topological polar surface area (TPSA) is 55.8 Å². The number of hydrogen-bond donors (Lipinski definition) is 2. The molecule has 0 radical (unpaired) electrons. The molecule has 2 atom stereocenters. The van der Waals surface area contributed by atoms with Gasteiger partial charge in [0.05, 0.1) is 12.1 Å². The lowest BCUT2D eigenvalue weighted by Gasteiger charge is -2.37. The molecule has 1 amide bonds. The number of carbonyl (C=O) groups excluding carboxylic acids is 1. The minimum absolute atomic E-state index is 0.128.